The van der Waals surface area contributed by atoms with Gasteiger partial charge in [-0.2, -0.15) is 0 Å². The largest absolute Gasteiger partial charge is 0.480 e. The maximum atomic E-state index is 11.2. The zero-order chi connectivity index (χ0) is 11.3. The minimum Gasteiger partial charge on any atom is -0.480 e. The Kier molecular flexibility index (Phi) is 3.63. The van der Waals surface area contributed by atoms with Crippen LogP contribution < -0.4 is 5.32 Å². The molecule has 15 heavy (non-hydrogen) atoms. The molecule has 2 N–H and O–H groups in total. The highest BCUT2D eigenvalue weighted by molar-refractivity contribution is 5.80. The summed E-state index contributed by atoms with van der Waals surface area (Å²) in [6.07, 6.45) is 1.64. The van der Waals surface area contributed by atoms with Gasteiger partial charge in [-0.15, -0.1) is 6.58 Å². The van der Waals surface area contributed by atoms with E-state index < -0.39 is 11.5 Å². The third-order valence-electron chi connectivity index (χ3n) is 2.38. The fourth-order valence-electron chi connectivity index (χ4n) is 1.35. The third kappa shape index (κ3) is 2.44. The molecule has 80 valence electrons. The molecule has 1 aromatic rings. The van der Waals surface area contributed by atoms with Crippen LogP contribution in [0.3, 0.4) is 0 Å². The van der Waals surface area contributed by atoms with Crippen LogP contribution >= 0.6 is 0 Å². The highest BCUT2D eigenvalue weighted by Gasteiger charge is 2.33. The number of benzene rings is 1. The molecule has 1 atom stereocenters. The van der Waals surface area contributed by atoms with Gasteiger partial charge >= 0.3 is 5.97 Å². The summed E-state index contributed by atoms with van der Waals surface area (Å²) in [4.78, 5) is 11.2. The number of hydrogen-bond acceptors (Lipinski definition) is 2. The highest BCUT2D eigenvalue weighted by Crippen LogP contribution is 2.20. The fourth-order valence-corrected chi connectivity index (χ4v) is 1.35. The van der Waals surface area contributed by atoms with E-state index in [0.29, 0.717) is 6.54 Å². The van der Waals surface area contributed by atoms with Gasteiger partial charge in [0.05, 0.1) is 0 Å². The first-order valence-corrected chi connectivity index (χ1v) is 4.76. The monoisotopic (exact) mass is 205 g/mol. The van der Waals surface area contributed by atoms with Crippen LogP contribution in [0.5, 0.6) is 0 Å². The van der Waals surface area contributed by atoms with Crippen molar-refractivity contribution in [1.29, 1.82) is 0 Å². The summed E-state index contributed by atoms with van der Waals surface area (Å²) in [7, 11) is 0. The topological polar surface area (TPSA) is 49.3 Å². The van der Waals surface area contributed by atoms with E-state index in [-0.39, 0.29) is 0 Å². The zero-order valence-electron chi connectivity index (χ0n) is 8.73. The van der Waals surface area contributed by atoms with Crippen LogP contribution in [-0.2, 0) is 10.3 Å². The summed E-state index contributed by atoms with van der Waals surface area (Å²) in [6, 6.07) is 9.10. The van der Waals surface area contributed by atoms with E-state index in [1.54, 1.807) is 25.1 Å². The summed E-state index contributed by atoms with van der Waals surface area (Å²) in [5.41, 5.74) is -0.325. The SMILES string of the molecule is C=CCNC(C)(C(=O)O)c1ccccc1. The van der Waals surface area contributed by atoms with Crippen molar-refractivity contribution in [1.82, 2.24) is 5.32 Å². The van der Waals surface area contributed by atoms with Gasteiger partial charge in [-0.05, 0) is 12.5 Å². The average molecular weight is 205 g/mol. The van der Waals surface area contributed by atoms with Crippen LogP contribution in [-0.4, -0.2) is 17.6 Å². The quantitative estimate of drug-likeness (QED) is 0.720. The second kappa shape index (κ2) is 4.75. The smallest absolute Gasteiger partial charge is 0.328 e. The van der Waals surface area contributed by atoms with Crippen LogP contribution in [0.1, 0.15) is 12.5 Å². The molecule has 1 rings (SSSR count). The van der Waals surface area contributed by atoms with Gasteiger partial charge in [-0.1, -0.05) is 36.4 Å². The summed E-state index contributed by atoms with van der Waals surface area (Å²) in [6.45, 7) is 5.66. The van der Waals surface area contributed by atoms with Gasteiger partial charge in [-0.25, -0.2) is 4.79 Å². The molecule has 0 aliphatic rings. The molecule has 1 unspecified atom stereocenters. The van der Waals surface area contributed by atoms with Gasteiger partial charge < -0.3 is 5.11 Å². The van der Waals surface area contributed by atoms with Crippen LogP contribution in [0.2, 0.25) is 0 Å². The number of hydrogen-bond donors (Lipinski definition) is 2. The first-order valence-electron chi connectivity index (χ1n) is 4.76. The molecule has 0 amide bonds. The van der Waals surface area contributed by atoms with Crippen molar-refractivity contribution >= 4 is 5.97 Å². The Morgan fingerprint density at radius 1 is 1.53 bits per heavy atom. The molecular weight excluding hydrogens is 190 g/mol. The number of carboxylic acids is 1. The van der Waals surface area contributed by atoms with Crippen molar-refractivity contribution in [2.24, 2.45) is 0 Å². The molecule has 3 heteroatoms. The lowest BCUT2D eigenvalue weighted by atomic mass is 9.92. The predicted molar refractivity (Wildman–Crippen MR) is 59.6 cm³/mol. The first kappa shape index (κ1) is 11.5. The lowest BCUT2D eigenvalue weighted by molar-refractivity contribution is -0.144. The van der Waals surface area contributed by atoms with E-state index in [9.17, 15) is 9.90 Å². The van der Waals surface area contributed by atoms with E-state index in [0.717, 1.165) is 5.56 Å². The Morgan fingerprint density at radius 2 is 2.13 bits per heavy atom. The zero-order valence-corrected chi connectivity index (χ0v) is 8.73. The molecule has 0 aliphatic carbocycles. The lowest BCUT2D eigenvalue weighted by Crippen LogP contribution is -2.46. The van der Waals surface area contributed by atoms with Gasteiger partial charge in [0.15, 0.2) is 0 Å². The van der Waals surface area contributed by atoms with Crippen molar-refractivity contribution in [2.45, 2.75) is 12.5 Å². The molecule has 0 aromatic heterocycles. The number of carboxylic acid groups (broad SMARTS) is 1. The molecule has 0 heterocycles. The van der Waals surface area contributed by atoms with E-state index in [2.05, 4.69) is 11.9 Å². The van der Waals surface area contributed by atoms with E-state index in [1.165, 1.54) is 0 Å². The van der Waals surface area contributed by atoms with Crippen molar-refractivity contribution in [3.63, 3.8) is 0 Å². The Labute approximate surface area is 89.4 Å². The minimum atomic E-state index is -1.06. The van der Waals surface area contributed by atoms with E-state index in [4.69, 9.17) is 0 Å². The maximum Gasteiger partial charge on any atom is 0.328 e. The van der Waals surface area contributed by atoms with Gasteiger partial charge in [0.25, 0.3) is 0 Å². The molecular formula is C12H15NO2. The van der Waals surface area contributed by atoms with Crippen molar-refractivity contribution in [2.75, 3.05) is 6.54 Å². The molecule has 0 radical (unpaired) electrons. The molecule has 0 aliphatic heterocycles. The predicted octanol–water partition coefficient (Wildman–Crippen LogP) is 1.76. The summed E-state index contributed by atoms with van der Waals surface area (Å²) in [5, 5.41) is 12.2. The van der Waals surface area contributed by atoms with E-state index in [1.807, 2.05) is 18.2 Å². The van der Waals surface area contributed by atoms with Crippen molar-refractivity contribution in [3.8, 4) is 0 Å². The average Bonchev–Trinajstić information content (AvgIpc) is 2.27. The second-order valence-electron chi connectivity index (χ2n) is 3.47. The highest BCUT2D eigenvalue weighted by atomic mass is 16.4. The second-order valence-corrected chi connectivity index (χ2v) is 3.47. The van der Waals surface area contributed by atoms with Crippen LogP contribution in [0.15, 0.2) is 43.0 Å². The molecule has 0 spiro atoms. The van der Waals surface area contributed by atoms with Crippen molar-refractivity contribution in [3.05, 3.63) is 48.6 Å². The fraction of sp³-hybridized carbons (Fsp3) is 0.250. The standard InChI is InChI=1S/C12H15NO2/c1-3-9-13-12(2,11(14)15)10-7-5-4-6-8-10/h3-8,13H,1,9H2,2H3,(H,14,15). The van der Waals surface area contributed by atoms with Gasteiger partial charge in [0.1, 0.15) is 5.54 Å². The Hall–Kier alpha value is -1.61. The molecule has 0 saturated heterocycles. The Bertz CT molecular complexity index is 348. The summed E-state index contributed by atoms with van der Waals surface area (Å²) in [5.74, 6) is -0.893. The van der Waals surface area contributed by atoms with Crippen molar-refractivity contribution < 1.29 is 9.90 Å². The van der Waals surface area contributed by atoms with Gasteiger partial charge in [0, 0.05) is 6.54 Å². The summed E-state index contributed by atoms with van der Waals surface area (Å²) < 4.78 is 0. The minimum absolute atomic E-state index is 0.456. The molecule has 0 fully saturated rings. The number of nitrogens with one attached hydrogen (secondary N) is 1. The third-order valence-corrected chi connectivity index (χ3v) is 2.38. The Morgan fingerprint density at radius 3 is 2.60 bits per heavy atom. The van der Waals surface area contributed by atoms with Gasteiger partial charge in [-0.3, -0.25) is 5.32 Å². The van der Waals surface area contributed by atoms with Crippen LogP contribution in [0.4, 0.5) is 0 Å². The number of aliphatic carboxylic acids is 1. The first-order chi connectivity index (χ1) is 7.11. The Balaban J connectivity index is 3.01. The number of carbonyl (C=O) groups is 1. The maximum absolute atomic E-state index is 11.2. The molecule has 1 aromatic carbocycles. The van der Waals surface area contributed by atoms with Crippen LogP contribution in [0, 0.1) is 0 Å². The van der Waals surface area contributed by atoms with Gasteiger partial charge in [0.2, 0.25) is 0 Å². The van der Waals surface area contributed by atoms with E-state index >= 15 is 0 Å². The molecule has 0 bridgehead atoms. The van der Waals surface area contributed by atoms with Crippen LogP contribution in [0.25, 0.3) is 0 Å². The molecule has 3 nitrogen and oxygen atoms in total. The lowest BCUT2D eigenvalue weighted by Gasteiger charge is -2.26. The summed E-state index contributed by atoms with van der Waals surface area (Å²) >= 11 is 0. The normalized spacial score (nSPS) is 14.2. The molecule has 0 saturated carbocycles. The number of rotatable bonds is 5.